The third kappa shape index (κ3) is 6.52. The van der Waals surface area contributed by atoms with Crippen molar-refractivity contribution in [3.8, 4) is 0 Å². The highest BCUT2D eigenvalue weighted by molar-refractivity contribution is 5.92. The monoisotopic (exact) mass is 367 g/mol. The standard InChI is InChI=1S/C17H16F3N3O3/c18-17(19,20)12-4-3-6-13(8-12)23-16(25)11-26-10-15(24)22-9-14-5-1-2-7-21-14/h1-8H,9-11H2,(H,22,24)(H,23,25). The molecule has 138 valence electrons. The van der Waals surface area contributed by atoms with Gasteiger partial charge in [-0.25, -0.2) is 0 Å². The Bertz CT molecular complexity index is 752. The van der Waals surface area contributed by atoms with E-state index in [0.29, 0.717) is 5.69 Å². The number of benzene rings is 1. The van der Waals surface area contributed by atoms with E-state index in [-0.39, 0.29) is 18.8 Å². The van der Waals surface area contributed by atoms with Crippen molar-refractivity contribution in [2.45, 2.75) is 12.7 Å². The van der Waals surface area contributed by atoms with Gasteiger partial charge in [0.15, 0.2) is 0 Å². The number of nitrogens with zero attached hydrogens (tertiary/aromatic N) is 1. The normalized spacial score (nSPS) is 11.0. The largest absolute Gasteiger partial charge is 0.416 e. The van der Waals surface area contributed by atoms with Crippen LogP contribution in [0.4, 0.5) is 18.9 Å². The first kappa shape index (κ1) is 19.4. The molecule has 0 fully saturated rings. The van der Waals surface area contributed by atoms with Gasteiger partial charge in [-0.05, 0) is 30.3 Å². The van der Waals surface area contributed by atoms with Crippen LogP contribution in [0.5, 0.6) is 0 Å². The van der Waals surface area contributed by atoms with Crippen molar-refractivity contribution < 1.29 is 27.5 Å². The maximum atomic E-state index is 12.6. The summed E-state index contributed by atoms with van der Waals surface area (Å²) in [5.74, 6) is -1.11. The van der Waals surface area contributed by atoms with Crippen LogP contribution in [0.3, 0.4) is 0 Å². The Balaban J connectivity index is 1.71. The number of halogens is 3. The number of carbonyl (C=O) groups is 2. The molecule has 0 atom stereocenters. The summed E-state index contributed by atoms with van der Waals surface area (Å²) in [4.78, 5) is 27.3. The molecule has 9 heteroatoms. The van der Waals surface area contributed by atoms with Gasteiger partial charge in [-0.2, -0.15) is 13.2 Å². The molecule has 0 aliphatic rings. The molecule has 26 heavy (non-hydrogen) atoms. The maximum Gasteiger partial charge on any atom is 0.416 e. The number of amides is 2. The zero-order valence-electron chi connectivity index (χ0n) is 13.5. The van der Waals surface area contributed by atoms with Crippen LogP contribution >= 0.6 is 0 Å². The van der Waals surface area contributed by atoms with Crippen LogP contribution in [0, 0.1) is 0 Å². The number of anilines is 1. The molecule has 0 unspecified atom stereocenters. The van der Waals surface area contributed by atoms with E-state index < -0.39 is 30.2 Å². The highest BCUT2D eigenvalue weighted by Crippen LogP contribution is 2.30. The van der Waals surface area contributed by atoms with Gasteiger partial charge in [0.25, 0.3) is 0 Å². The van der Waals surface area contributed by atoms with Gasteiger partial charge in [0.2, 0.25) is 11.8 Å². The smallest absolute Gasteiger partial charge is 0.362 e. The second kappa shape index (κ2) is 8.95. The van der Waals surface area contributed by atoms with E-state index in [1.165, 1.54) is 12.1 Å². The molecular weight excluding hydrogens is 351 g/mol. The molecule has 1 aromatic carbocycles. The van der Waals surface area contributed by atoms with Crippen molar-refractivity contribution in [2.75, 3.05) is 18.5 Å². The lowest BCUT2D eigenvalue weighted by Crippen LogP contribution is -2.29. The molecule has 2 rings (SSSR count). The Morgan fingerprint density at radius 2 is 1.81 bits per heavy atom. The van der Waals surface area contributed by atoms with E-state index in [4.69, 9.17) is 4.74 Å². The topological polar surface area (TPSA) is 80.3 Å². The lowest BCUT2D eigenvalue weighted by molar-refractivity contribution is -0.137. The lowest BCUT2D eigenvalue weighted by atomic mass is 10.2. The third-order valence-corrected chi connectivity index (χ3v) is 3.13. The Morgan fingerprint density at radius 1 is 1.04 bits per heavy atom. The first-order valence-corrected chi connectivity index (χ1v) is 7.56. The molecule has 0 saturated carbocycles. The number of alkyl halides is 3. The van der Waals surface area contributed by atoms with Crippen LogP contribution in [0.25, 0.3) is 0 Å². The number of pyridine rings is 1. The zero-order valence-corrected chi connectivity index (χ0v) is 13.5. The first-order chi connectivity index (χ1) is 12.3. The molecule has 0 aliphatic heterocycles. The predicted octanol–water partition coefficient (Wildman–Crippen LogP) is 2.37. The third-order valence-electron chi connectivity index (χ3n) is 3.13. The number of aromatic nitrogens is 1. The molecule has 0 bridgehead atoms. The fraction of sp³-hybridized carbons (Fsp3) is 0.235. The van der Waals surface area contributed by atoms with E-state index in [1.807, 2.05) is 0 Å². The van der Waals surface area contributed by atoms with Crippen LogP contribution < -0.4 is 10.6 Å². The van der Waals surface area contributed by atoms with E-state index in [9.17, 15) is 22.8 Å². The summed E-state index contributed by atoms with van der Waals surface area (Å²) in [6, 6.07) is 9.50. The molecule has 2 amide bonds. The van der Waals surface area contributed by atoms with Gasteiger partial charge in [-0.1, -0.05) is 12.1 Å². The number of nitrogens with one attached hydrogen (secondary N) is 2. The average molecular weight is 367 g/mol. The summed E-state index contributed by atoms with van der Waals surface area (Å²) >= 11 is 0. The number of ether oxygens (including phenoxy) is 1. The summed E-state index contributed by atoms with van der Waals surface area (Å²) in [6.45, 7) is -0.602. The Kier molecular flexibility index (Phi) is 6.67. The van der Waals surface area contributed by atoms with Gasteiger partial charge >= 0.3 is 6.18 Å². The van der Waals surface area contributed by atoms with Crippen molar-refractivity contribution in [3.05, 3.63) is 59.9 Å². The van der Waals surface area contributed by atoms with E-state index >= 15 is 0 Å². The second-order valence-corrected chi connectivity index (χ2v) is 5.22. The Labute approximate surface area is 147 Å². The summed E-state index contributed by atoms with van der Waals surface area (Å²) in [7, 11) is 0. The fourth-order valence-electron chi connectivity index (χ4n) is 1.95. The summed E-state index contributed by atoms with van der Waals surface area (Å²) in [5, 5.41) is 4.84. The Hall–Kier alpha value is -2.94. The van der Waals surface area contributed by atoms with E-state index in [0.717, 1.165) is 12.1 Å². The molecule has 0 radical (unpaired) electrons. The number of rotatable bonds is 7. The molecule has 2 N–H and O–H groups in total. The van der Waals surface area contributed by atoms with Gasteiger partial charge in [0.05, 0.1) is 17.8 Å². The average Bonchev–Trinajstić information content (AvgIpc) is 2.60. The molecule has 0 aliphatic carbocycles. The van der Waals surface area contributed by atoms with Gasteiger partial charge in [-0.3, -0.25) is 14.6 Å². The molecule has 2 aromatic rings. The lowest BCUT2D eigenvalue weighted by Gasteiger charge is -2.10. The second-order valence-electron chi connectivity index (χ2n) is 5.22. The zero-order chi connectivity index (χ0) is 19.0. The number of hydrogen-bond acceptors (Lipinski definition) is 4. The Morgan fingerprint density at radius 3 is 2.50 bits per heavy atom. The predicted molar refractivity (Wildman–Crippen MR) is 87.0 cm³/mol. The van der Waals surface area contributed by atoms with Crippen LogP contribution in [-0.4, -0.2) is 30.0 Å². The summed E-state index contributed by atoms with van der Waals surface area (Å²) < 4.78 is 42.8. The molecule has 1 aromatic heterocycles. The number of hydrogen-bond donors (Lipinski definition) is 2. The van der Waals surface area contributed by atoms with Crippen LogP contribution in [0.15, 0.2) is 48.7 Å². The van der Waals surface area contributed by atoms with Crippen molar-refractivity contribution in [1.29, 1.82) is 0 Å². The maximum absolute atomic E-state index is 12.6. The van der Waals surface area contributed by atoms with Crippen molar-refractivity contribution in [1.82, 2.24) is 10.3 Å². The molecule has 0 spiro atoms. The van der Waals surface area contributed by atoms with Crippen molar-refractivity contribution in [3.63, 3.8) is 0 Å². The minimum absolute atomic E-state index is 0.00646. The van der Waals surface area contributed by atoms with Gasteiger partial charge < -0.3 is 15.4 Å². The van der Waals surface area contributed by atoms with E-state index in [2.05, 4.69) is 15.6 Å². The highest BCUT2D eigenvalue weighted by atomic mass is 19.4. The highest BCUT2D eigenvalue weighted by Gasteiger charge is 2.30. The summed E-state index contributed by atoms with van der Waals surface area (Å²) in [6.07, 6.45) is -2.90. The van der Waals surface area contributed by atoms with Crippen LogP contribution in [-0.2, 0) is 27.0 Å². The molecule has 0 saturated heterocycles. The van der Waals surface area contributed by atoms with Gasteiger partial charge in [-0.15, -0.1) is 0 Å². The van der Waals surface area contributed by atoms with E-state index in [1.54, 1.807) is 24.4 Å². The minimum atomic E-state index is -4.50. The summed E-state index contributed by atoms with van der Waals surface area (Å²) in [5.41, 5.74) is -0.207. The SMILES string of the molecule is O=C(COCC(=O)Nc1cccc(C(F)(F)F)c1)NCc1ccccn1. The first-order valence-electron chi connectivity index (χ1n) is 7.56. The fourth-order valence-corrected chi connectivity index (χ4v) is 1.95. The van der Waals surface area contributed by atoms with Crippen LogP contribution in [0.2, 0.25) is 0 Å². The van der Waals surface area contributed by atoms with Crippen molar-refractivity contribution >= 4 is 17.5 Å². The molecular formula is C17H16F3N3O3. The number of carbonyl (C=O) groups excluding carboxylic acids is 2. The van der Waals surface area contributed by atoms with Gasteiger partial charge in [0.1, 0.15) is 13.2 Å². The minimum Gasteiger partial charge on any atom is -0.362 e. The van der Waals surface area contributed by atoms with Crippen molar-refractivity contribution in [2.24, 2.45) is 0 Å². The molecule has 6 nitrogen and oxygen atoms in total. The van der Waals surface area contributed by atoms with Crippen LogP contribution in [0.1, 0.15) is 11.3 Å². The molecule has 1 heterocycles. The van der Waals surface area contributed by atoms with Gasteiger partial charge in [0, 0.05) is 11.9 Å². The quantitative estimate of drug-likeness (QED) is 0.787.